The number of nitrogens with one attached hydrogen (secondary N) is 1. The Hall–Kier alpha value is -2.70. The molecule has 0 saturated carbocycles. The molecule has 8 heteroatoms. The molecule has 0 bridgehead atoms. The third-order valence-electron chi connectivity index (χ3n) is 4.35. The number of carbonyl (C=O) groups is 2. The molecule has 1 amide bonds. The average Bonchev–Trinajstić information content (AvgIpc) is 3.04. The first-order valence-corrected chi connectivity index (χ1v) is 10.1. The summed E-state index contributed by atoms with van der Waals surface area (Å²) in [5.41, 5.74) is 6.41. The molecule has 3 aromatic rings. The number of hydrogen-bond acceptors (Lipinski definition) is 4. The van der Waals surface area contributed by atoms with Gasteiger partial charge < -0.3 is 15.8 Å². The van der Waals surface area contributed by atoms with E-state index in [4.69, 9.17) is 33.7 Å². The maximum absolute atomic E-state index is 13.3. The van der Waals surface area contributed by atoms with Crippen molar-refractivity contribution in [3.63, 3.8) is 0 Å². The molecule has 2 aromatic carbocycles. The Morgan fingerprint density at radius 3 is 2.47 bits per heavy atom. The maximum Gasteiger partial charge on any atom is 0.408 e. The number of carbonyl (C=O) groups excluding carboxylic acids is 2. The summed E-state index contributed by atoms with van der Waals surface area (Å²) in [6, 6.07) is 9.49. The number of amides is 1. The Kier molecular flexibility index (Phi) is 6.29. The van der Waals surface area contributed by atoms with Crippen LogP contribution in [0.1, 0.15) is 31.1 Å². The molecule has 30 heavy (non-hydrogen) atoms. The number of anilines is 1. The summed E-state index contributed by atoms with van der Waals surface area (Å²) in [4.78, 5) is 25.7. The molecule has 1 heterocycles. The Morgan fingerprint density at radius 1 is 1.10 bits per heavy atom. The zero-order valence-electron chi connectivity index (χ0n) is 16.9. The van der Waals surface area contributed by atoms with Gasteiger partial charge in [-0.2, -0.15) is 0 Å². The van der Waals surface area contributed by atoms with Crippen LogP contribution >= 0.6 is 23.2 Å². The predicted octanol–water partition coefficient (Wildman–Crippen LogP) is 5.31. The lowest BCUT2D eigenvalue weighted by Gasteiger charge is -2.23. The summed E-state index contributed by atoms with van der Waals surface area (Å²) >= 11 is 12.3. The van der Waals surface area contributed by atoms with Gasteiger partial charge in [0.1, 0.15) is 11.6 Å². The van der Waals surface area contributed by atoms with E-state index in [0.717, 1.165) is 10.8 Å². The molecule has 0 radical (unpaired) electrons. The average molecular weight is 448 g/mol. The zero-order valence-corrected chi connectivity index (χ0v) is 18.4. The lowest BCUT2D eigenvalue weighted by Crippen LogP contribution is -2.46. The van der Waals surface area contributed by atoms with Gasteiger partial charge >= 0.3 is 6.09 Å². The molecule has 1 aromatic heterocycles. The summed E-state index contributed by atoms with van der Waals surface area (Å²) < 4.78 is 6.77. The molecule has 0 spiro atoms. The highest BCUT2D eigenvalue weighted by Crippen LogP contribution is 2.24. The number of nitrogen functional groups attached to an aromatic ring is 1. The van der Waals surface area contributed by atoms with E-state index in [2.05, 4.69) is 5.32 Å². The number of nitrogens with two attached hydrogens (primary N) is 1. The largest absolute Gasteiger partial charge is 0.444 e. The first-order chi connectivity index (χ1) is 14.0. The van der Waals surface area contributed by atoms with E-state index in [1.807, 2.05) is 6.07 Å². The summed E-state index contributed by atoms with van der Waals surface area (Å²) in [7, 11) is 0. The van der Waals surface area contributed by atoms with Gasteiger partial charge in [0.05, 0.1) is 0 Å². The van der Waals surface area contributed by atoms with Crippen molar-refractivity contribution in [2.45, 2.75) is 38.8 Å². The van der Waals surface area contributed by atoms with Crippen molar-refractivity contribution in [3.8, 4) is 0 Å². The van der Waals surface area contributed by atoms with E-state index in [-0.39, 0.29) is 12.3 Å². The first kappa shape index (κ1) is 22.0. The summed E-state index contributed by atoms with van der Waals surface area (Å²) in [5.74, 6) is -0.332. The van der Waals surface area contributed by atoms with Crippen molar-refractivity contribution in [1.29, 1.82) is 0 Å². The highest BCUT2D eigenvalue weighted by Gasteiger charge is 2.26. The zero-order chi connectivity index (χ0) is 22.1. The summed E-state index contributed by atoms with van der Waals surface area (Å²) in [6.45, 7) is 5.26. The van der Waals surface area contributed by atoms with Gasteiger partial charge in [-0.05, 0) is 56.0 Å². The monoisotopic (exact) mass is 447 g/mol. The van der Waals surface area contributed by atoms with Crippen LogP contribution in [0.2, 0.25) is 10.0 Å². The second-order valence-corrected chi connectivity index (χ2v) is 8.87. The van der Waals surface area contributed by atoms with Crippen LogP contribution in [-0.2, 0) is 11.2 Å². The topological polar surface area (TPSA) is 86.3 Å². The Balaban J connectivity index is 1.91. The smallest absolute Gasteiger partial charge is 0.408 e. The molecule has 0 saturated heterocycles. The Bertz CT molecular complexity index is 1100. The standard InChI is InChI=1S/C22H23Cl2N3O3/c1-22(2,3)30-21(29)26-19(9-13-4-6-16(23)10-18(13)24)20(28)27-11-14-5-7-17(25)8-15(14)12-27/h4-8,10-12,19H,9,25H2,1-3H3,(H,26,29). The van der Waals surface area contributed by atoms with Crippen molar-refractivity contribution in [2.75, 3.05) is 5.73 Å². The summed E-state index contributed by atoms with van der Waals surface area (Å²) in [6.07, 6.45) is 2.86. The third-order valence-corrected chi connectivity index (χ3v) is 4.94. The lowest BCUT2D eigenvalue weighted by atomic mass is 10.1. The summed E-state index contributed by atoms with van der Waals surface area (Å²) in [5, 5.41) is 5.25. The molecule has 1 unspecified atom stereocenters. The van der Waals surface area contributed by atoms with Gasteiger partial charge in [0.2, 0.25) is 0 Å². The number of aromatic nitrogens is 1. The fraction of sp³-hybridized carbons (Fsp3) is 0.273. The fourth-order valence-corrected chi connectivity index (χ4v) is 3.51. The van der Waals surface area contributed by atoms with Crippen molar-refractivity contribution >= 4 is 51.7 Å². The SMILES string of the molecule is CC(C)(C)OC(=O)NC(Cc1ccc(Cl)cc1Cl)C(=O)n1cc2ccc(N)cc2c1. The molecular weight excluding hydrogens is 425 g/mol. The van der Waals surface area contributed by atoms with Crippen LogP contribution in [-0.4, -0.2) is 28.2 Å². The molecule has 0 aliphatic rings. The van der Waals surface area contributed by atoms with Gasteiger partial charge in [0, 0.05) is 39.9 Å². The van der Waals surface area contributed by atoms with E-state index < -0.39 is 17.7 Å². The third kappa shape index (κ3) is 5.46. The molecular formula is C22H23Cl2N3O3. The highest BCUT2D eigenvalue weighted by molar-refractivity contribution is 6.35. The van der Waals surface area contributed by atoms with E-state index in [0.29, 0.717) is 21.3 Å². The Morgan fingerprint density at radius 2 is 1.80 bits per heavy atom. The van der Waals surface area contributed by atoms with Gasteiger partial charge in [-0.1, -0.05) is 35.3 Å². The number of halogens is 2. The van der Waals surface area contributed by atoms with Crippen LogP contribution in [0.5, 0.6) is 0 Å². The predicted molar refractivity (Wildman–Crippen MR) is 120 cm³/mol. The number of alkyl carbamates (subject to hydrolysis) is 1. The first-order valence-electron chi connectivity index (χ1n) is 9.37. The number of rotatable bonds is 4. The quantitative estimate of drug-likeness (QED) is 0.530. The van der Waals surface area contributed by atoms with Crippen molar-refractivity contribution in [1.82, 2.24) is 9.88 Å². The number of fused-ring (bicyclic) bond motifs is 1. The molecule has 3 rings (SSSR count). The second kappa shape index (κ2) is 8.58. The number of benzene rings is 2. The van der Waals surface area contributed by atoms with Crippen LogP contribution in [0.15, 0.2) is 48.8 Å². The van der Waals surface area contributed by atoms with E-state index in [1.165, 1.54) is 4.57 Å². The minimum atomic E-state index is -0.905. The molecule has 6 nitrogen and oxygen atoms in total. The molecule has 158 valence electrons. The van der Waals surface area contributed by atoms with Crippen LogP contribution in [0.3, 0.4) is 0 Å². The molecule has 0 aliphatic heterocycles. The van der Waals surface area contributed by atoms with Crippen LogP contribution < -0.4 is 11.1 Å². The molecule has 0 aliphatic carbocycles. The van der Waals surface area contributed by atoms with Gasteiger partial charge in [0.25, 0.3) is 5.91 Å². The molecule has 0 fully saturated rings. The minimum absolute atomic E-state index is 0.171. The van der Waals surface area contributed by atoms with E-state index in [9.17, 15) is 9.59 Å². The maximum atomic E-state index is 13.3. The minimum Gasteiger partial charge on any atom is -0.444 e. The van der Waals surface area contributed by atoms with Gasteiger partial charge in [-0.25, -0.2) is 4.79 Å². The normalized spacial score (nSPS) is 12.6. The number of ether oxygens (including phenoxy) is 1. The number of nitrogens with zero attached hydrogens (tertiary/aromatic N) is 1. The van der Waals surface area contributed by atoms with Crippen molar-refractivity contribution in [3.05, 3.63) is 64.4 Å². The Labute approximate surface area is 184 Å². The fourth-order valence-electron chi connectivity index (χ4n) is 3.02. The highest BCUT2D eigenvalue weighted by atomic mass is 35.5. The van der Waals surface area contributed by atoms with E-state index in [1.54, 1.807) is 63.5 Å². The lowest BCUT2D eigenvalue weighted by molar-refractivity contribution is 0.0482. The van der Waals surface area contributed by atoms with E-state index >= 15 is 0 Å². The molecule has 1 atom stereocenters. The second-order valence-electron chi connectivity index (χ2n) is 8.03. The number of hydrogen-bond donors (Lipinski definition) is 2. The van der Waals surface area contributed by atoms with Crippen LogP contribution in [0.4, 0.5) is 10.5 Å². The van der Waals surface area contributed by atoms with Crippen molar-refractivity contribution < 1.29 is 14.3 Å². The van der Waals surface area contributed by atoms with Gasteiger partial charge in [0.15, 0.2) is 0 Å². The molecule has 3 N–H and O–H groups in total. The van der Waals surface area contributed by atoms with Gasteiger partial charge in [-0.3, -0.25) is 9.36 Å². The van der Waals surface area contributed by atoms with Crippen LogP contribution in [0, 0.1) is 0 Å². The van der Waals surface area contributed by atoms with Crippen LogP contribution in [0.25, 0.3) is 10.8 Å². The van der Waals surface area contributed by atoms with Crippen molar-refractivity contribution in [2.24, 2.45) is 0 Å². The van der Waals surface area contributed by atoms with Gasteiger partial charge in [-0.15, -0.1) is 0 Å².